The van der Waals surface area contributed by atoms with Gasteiger partial charge in [-0.1, -0.05) is 0 Å². The number of nitriles is 1. The highest BCUT2D eigenvalue weighted by molar-refractivity contribution is 7.86. The summed E-state index contributed by atoms with van der Waals surface area (Å²) in [4.78, 5) is 18.4. The summed E-state index contributed by atoms with van der Waals surface area (Å²) < 4.78 is 67.5. The number of benzene rings is 1. The number of pyridine rings is 1. The molecular formula is C22H25F3N6O5S. The number of anilines is 1. The second-order valence-electron chi connectivity index (χ2n) is 9.39. The first kappa shape index (κ1) is 26.9. The number of hydrogen-bond donors (Lipinski definition) is 3. The van der Waals surface area contributed by atoms with Crippen molar-refractivity contribution in [3.05, 3.63) is 30.0 Å². The van der Waals surface area contributed by atoms with Crippen LogP contribution in [0.1, 0.15) is 18.4 Å². The van der Waals surface area contributed by atoms with Gasteiger partial charge < -0.3 is 20.1 Å². The molecule has 11 nitrogen and oxygen atoms in total. The molecule has 1 aromatic carbocycles. The highest BCUT2D eigenvalue weighted by atomic mass is 32.2. The first-order valence-corrected chi connectivity index (χ1v) is 12.7. The third-order valence-corrected chi connectivity index (χ3v) is 7.86. The zero-order valence-electron chi connectivity index (χ0n) is 19.7. The minimum atomic E-state index is -4.92. The van der Waals surface area contributed by atoms with Crippen molar-refractivity contribution < 1.29 is 36.2 Å². The number of amides is 1. The summed E-state index contributed by atoms with van der Waals surface area (Å²) in [6.07, 6.45) is -5.42. The number of rotatable bonds is 8. The van der Waals surface area contributed by atoms with Crippen LogP contribution in [-0.4, -0.2) is 80.3 Å². The Morgan fingerprint density at radius 3 is 2.68 bits per heavy atom. The topological polar surface area (TPSA) is 162 Å². The standard InChI is InChI=1S/C22H25F3N6O5S/c1-36-15-2-3-16-17(4-15)28-8-13(7-26)20(16)30-11-21(12-30)5-14(6-21)31(37(27,34)35)10-19(33)29-9-18(32)22(23,24)25/h2-4,8,14,18,32H,5-6,9-12H2,1H3,(H,29,33)(H2,27,34,35). The van der Waals surface area contributed by atoms with E-state index in [1.165, 1.54) is 13.3 Å². The van der Waals surface area contributed by atoms with E-state index in [1.807, 2.05) is 16.3 Å². The van der Waals surface area contributed by atoms with E-state index in [9.17, 15) is 31.6 Å². The molecule has 4 N–H and O–H groups in total. The molecule has 1 aliphatic carbocycles. The van der Waals surface area contributed by atoms with Crippen LogP contribution in [0, 0.1) is 16.7 Å². The van der Waals surface area contributed by atoms with Gasteiger partial charge in [-0.3, -0.25) is 9.78 Å². The van der Waals surface area contributed by atoms with Crippen LogP contribution >= 0.6 is 0 Å². The molecular weight excluding hydrogens is 517 g/mol. The molecule has 2 aliphatic rings. The van der Waals surface area contributed by atoms with Gasteiger partial charge in [0.15, 0.2) is 6.10 Å². The van der Waals surface area contributed by atoms with Gasteiger partial charge in [-0.2, -0.15) is 31.2 Å². The van der Waals surface area contributed by atoms with Crippen molar-refractivity contribution in [1.29, 1.82) is 5.26 Å². The smallest absolute Gasteiger partial charge is 0.416 e. The van der Waals surface area contributed by atoms with Crippen LogP contribution in [0.25, 0.3) is 10.9 Å². The van der Waals surface area contributed by atoms with Crippen LogP contribution < -0.4 is 20.1 Å². The number of nitrogens with zero attached hydrogens (tertiary/aromatic N) is 4. The number of aliphatic hydroxyl groups is 1. The third kappa shape index (κ3) is 5.42. The maximum atomic E-state index is 12.4. The van der Waals surface area contributed by atoms with Crippen molar-refractivity contribution in [1.82, 2.24) is 14.6 Å². The van der Waals surface area contributed by atoms with E-state index < -0.39 is 47.5 Å². The number of alkyl halides is 3. The normalized spacial score (nSPS) is 18.3. The van der Waals surface area contributed by atoms with E-state index >= 15 is 0 Å². The zero-order chi connectivity index (χ0) is 27.2. The molecule has 1 saturated heterocycles. The number of halogens is 3. The van der Waals surface area contributed by atoms with Crippen LogP contribution in [0.5, 0.6) is 5.75 Å². The number of aliphatic hydroxyl groups excluding tert-OH is 1. The van der Waals surface area contributed by atoms with Gasteiger partial charge in [0.05, 0.1) is 37.0 Å². The van der Waals surface area contributed by atoms with Crippen LogP contribution in [0.4, 0.5) is 18.9 Å². The summed E-state index contributed by atoms with van der Waals surface area (Å²) in [5.74, 6) is -0.386. The molecule has 2 heterocycles. The molecule has 4 rings (SSSR count). The lowest BCUT2D eigenvalue weighted by molar-refractivity contribution is -0.201. The van der Waals surface area contributed by atoms with Gasteiger partial charge in [-0.05, 0) is 25.0 Å². The summed E-state index contributed by atoms with van der Waals surface area (Å²) in [6.45, 7) is -0.794. The quantitative estimate of drug-likeness (QED) is 0.438. The number of nitrogens with one attached hydrogen (secondary N) is 1. The Kier molecular flexibility index (Phi) is 6.97. The lowest BCUT2D eigenvalue weighted by atomic mass is 9.60. The van der Waals surface area contributed by atoms with Crippen molar-refractivity contribution in [2.24, 2.45) is 10.6 Å². The number of hydrogen-bond acceptors (Lipinski definition) is 8. The highest BCUT2D eigenvalue weighted by Gasteiger charge is 2.56. The number of carbonyl (C=O) groups is 1. The lowest BCUT2D eigenvalue weighted by Crippen LogP contribution is -2.68. The number of methoxy groups -OCH3 is 1. The monoisotopic (exact) mass is 542 g/mol. The number of aromatic nitrogens is 1. The molecule has 2 aromatic rings. The Bertz CT molecular complexity index is 1350. The number of nitrogens with two attached hydrogens (primary N) is 1. The van der Waals surface area contributed by atoms with Crippen LogP contribution in [0.15, 0.2) is 24.4 Å². The van der Waals surface area contributed by atoms with Crippen molar-refractivity contribution in [2.75, 3.05) is 38.2 Å². The minimum absolute atomic E-state index is 0.259. The second-order valence-corrected chi connectivity index (χ2v) is 10.9. The van der Waals surface area contributed by atoms with Gasteiger partial charge in [0, 0.05) is 42.2 Å². The highest BCUT2D eigenvalue weighted by Crippen LogP contribution is 2.52. The number of fused-ring (bicyclic) bond motifs is 1. The Morgan fingerprint density at radius 1 is 1.43 bits per heavy atom. The molecule has 1 saturated carbocycles. The molecule has 1 amide bonds. The zero-order valence-corrected chi connectivity index (χ0v) is 20.5. The van der Waals surface area contributed by atoms with Crippen LogP contribution in [0.3, 0.4) is 0 Å². The average molecular weight is 543 g/mol. The first-order valence-electron chi connectivity index (χ1n) is 11.2. The number of carbonyl (C=O) groups excluding carboxylic acids is 1. The SMILES string of the molecule is COc1ccc2c(N3CC4(CC(N(CC(=O)NCC(O)C(F)(F)F)S(N)(=O)=O)C4)C3)c(C#N)cnc2c1. The predicted molar refractivity (Wildman–Crippen MR) is 126 cm³/mol. The fourth-order valence-corrected chi connectivity index (χ4v) is 5.84. The summed E-state index contributed by atoms with van der Waals surface area (Å²) >= 11 is 0. The summed E-state index contributed by atoms with van der Waals surface area (Å²) in [5, 5.41) is 26.6. The Hall–Kier alpha value is -3.19. The molecule has 1 unspecified atom stereocenters. The van der Waals surface area contributed by atoms with Gasteiger partial charge in [0.1, 0.15) is 11.8 Å². The van der Waals surface area contributed by atoms with E-state index in [0.29, 0.717) is 42.8 Å². The fraction of sp³-hybridized carbons (Fsp3) is 0.500. The largest absolute Gasteiger partial charge is 0.497 e. The van der Waals surface area contributed by atoms with Gasteiger partial charge in [0.25, 0.3) is 10.2 Å². The van der Waals surface area contributed by atoms with E-state index in [1.54, 1.807) is 12.1 Å². The third-order valence-electron chi connectivity index (χ3n) is 6.78. The van der Waals surface area contributed by atoms with Crippen molar-refractivity contribution in [2.45, 2.75) is 31.2 Å². The second kappa shape index (κ2) is 9.60. The van der Waals surface area contributed by atoms with Crippen LogP contribution in [0.2, 0.25) is 0 Å². The summed E-state index contributed by atoms with van der Waals surface area (Å²) in [6, 6.07) is 6.90. The van der Waals surface area contributed by atoms with E-state index in [0.717, 1.165) is 15.4 Å². The molecule has 2 fully saturated rings. The average Bonchev–Trinajstić information content (AvgIpc) is 2.77. The van der Waals surface area contributed by atoms with E-state index in [2.05, 4.69) is 11.1 Å². The molecule has 0 radical (unpaired) electrons. The Morgan fingerprint density at radius 2 is 2.11 bits per heavy atom. The molecule has 0 bridgehead atoms. The fourth-order valence-electron chi connectivity index (χ4n) is 4.98. The van der Waals surface area contributed by atoms with Gasteiger partial charge in [-0.15, -0.1) is 0 Å². The molecule has 37 heavy (non-hydrogen) atoms. The van der Waals surface area contributed by atoms with Crippen LogP contribution in [-0.2, 0) is 15.0 Å². The maximum Gasteiger partial charge on any atom is 0.416 e. The molecule has 200 valence electrons. The minimum Gasteiger partial charge on any atom is -0.497 e. The van der Waals surface area contributed by atoms with Gasteiger partial charge in [0.2, 0.25) is 5.91 Å². The van der Waals surface area contributed by atoms with E-state index in [4.69, 9.17) is 15.0 Å². The van der Waals surface area contributed by atoms with Gasteiger partial charge in [-0.25, -0.2) is 5.14 Å². The molecule has 1 atom stereocenters. The molecule has 1 aromatic heterocycles. The number of ether oxygens (including phenoxy) is 1. The van der Waals surface area contributed by atoms with Crippen molar-refractivity contribution in [3.63, 3.8) is 0 Å². The first-order chi connectivity index (χ1) is 17.3. The maximum absolute atomic E-state index is 12.4. The Balaban J connectivity index is 1.41. The van der Waals surface area contributed by atoms with Crippen molar-refractivity contribution in [3.8, 4) is 11.8 Å². The van der Waals surface area contributed by atoms with Crippen molar-refractivity contribution >= 4 is 32.7 Å². The lowest BCUT2D eigenvalue weighted by Gasteiger charge is -2.61. The molecule has 1 spiro atoms. The summed E-state index contributed by atoms with van der Waals surface area (Å²) in [7, 11) is -2.78. The Labute approximate surface area is 210 Å². The molecule has 15 heteroatoms. The van der Waals surface area contributed by atoms with E-state index in [-0.39, 0.29) is 5.41 Å². The predicted octanol–water partition coefficient (Wildman–Crippen LogP) is 0.629. The van der Waals surface area contributed by atoms with Gasteiger partial charge >= 0.3 is 6.18 Å². The summed E-state index contributed by atoms with van der Waals surface area (Å²) in [5.41, 5.74) is 1.51. The molecule has 1 aliphatic heterocycles.